The lowest BCUT2D eigenvalue weighted by atomic mass is 9.96. The van der Waals surface area contributed by atoms with Crippen LogP contribution < -0.4 is 15.4 Å². The highest BCUT2D eigenvalue weighted by Gasteiger charge is 2.32. The Hall–Kier alpha value is -3.16. The molecular weight excluding hydrogens is 397 g/mol. The van der Waals surface area contributed by atoms with Crippen LogP contribution >= 0.6 is 0 Å². The monoisotopic (exact) mass is 418 g/mol. The zero-order valence-corrected chi connectivity index (χ0v) is 16.1. The number of rotatable bonds is 2. The summed E-state index contributed by atoms with van der Waals surface area (Å²) in [6.07, 6.45) is -1.25. The SMILES string of the molecule is O=C(/C=C1\CCCOc2cc(C(F)(F)F)ccc21)NC1CCNc2ccc(O)cc21. The van der Waals surface area contributed by atoms with Crippen molar-refractivity contribution in [2.24, 2.45) is 0 Å². The van der Waals surface area contributed by atoms with Gasteiger partial charge < -0.3 is 20.5 Å². The second-order valence-electron chi connectivity index (χ2n) is 7.38. The first kappa shape index (κ1) is 20.1. The van der Waals surface area contributed by atoms with Crippen LogP contribution in [0.25, 0.3) is 5.57 Å². The van der Waals surface area contributed by atoms with Crippen molar-refractivity contribution in [3.63, 3.8) is 0 Å². The van der Waals surface area contributed by atoms with Crippen molar-refractivity contribution in [3.05, 3.63) is 59.2 Å². The molecule has 2 heterocycles. The van der Waals surface area contributed by atoms with E-state index in [4.69, 9.17) is 4.74 Å². The molecule has 0 aromatic heterocycles. The van der Waals surface area contributed by atoms with Crippen molar-refractivity contribution >= 4 is 17.2 Å². The van der Waals surface area contributed by atoms with Crippen LogP contribution in [-0.2, 0) is 11.0 Å². The van der Waals surface area contributed by atoms with Gasteiger partial charge in [0.2, 0.25) is 5.91 Å². The van der Waals surface area contributed by atoms with Crippen molar-refractivity contribution in [2.45, 2.75) is 31.5 Å². The minimum Gasteiger partial charge on any atom is -0.508 e. The van der Waals surface area contributed by atoms with E-state index in [0.29, 0.717) is 36.9 Å². The lowest BCUT2D eigenvalue weighted by molar-refractivity contribution is -0.137. The predicted molar refractivity (Wildman–Crippen MR) is 106 cm³/mol. The molecule has 0 saturated heterocycles. The minimum atomic E-state index is -4.46. The van der Waals surface area contributed by atoms with E-state index in [1.165, 1.54) is 12.1 Å². The van der Waals surface area contributed by atoms with E-state index in [9.17, 15) is 23.1 Å². The van der Waals surface area contributed by atoms with Crippen molar-refractivity contribution in [3.8, 4) is 11.5 Å². The molecule has 158 valence electrons. The maximum atomic E-state index is 13.0. The molecular formula is C22H21F3N2O3. The molecule has 0 spiro atoms. The maximum absolute atomic E-state index is 13.0. The van der Waals surface area contributed by atoms with Crippen LogP contribution in [-0.4, -0.2) is 24.2 Å². The number of carbonyl (C=O) groups excluding carboxylic acids is 1. The zero-order valence-electron chi connectivity index (χ0n) is 16.1. The summed E-state index contributed by atoms with van der Waals surface area (Å²) in [5, 5.41) is 16.0. The van der Waals surface area contributed by atoms with Crippen molar-refractivity contribution < 1.29 is 27.8 Å². The summed E-state index contributed by atoms with van der Waals surface area (Å²) >= 11 is 0. The highest BCUT2D eigenvalue weighted by molar-refractivity contribution is 5.96. The quantitative estimate of drug-likeness (QED) is 0.491. The molecule has 30 heavy (non-hydrogen) atoms. The largest absolute Gasteiger partial charge is 0.508 e. The molecule has 3 N–H and O–H groups in total. The Morgan fingerprint density at radius 1 is 1.23 bits per heavy atom. The average Bonchev–Trinajstić information content (AvgIpc) is 2.89. The van der Waals surface area contributed by atoms with Gasteiger partial charge in [0.25, 0.3) is 0 Å². The van der Waals surface area contributed by atoms with Gasteiger partial charge in [-0.05, 0) is 55.2 Å². The fourth-order valence-electron chi connectivity index (χ4n) is 3.84. The van der Waals surface area contributed by atoms with Gasteiger partial charge in [-0.25, -0.2) is 0 Å². The van der Waals surface area contributed by atoms with Gasteiger partial charge >= 0.3 is 6.18 Å². The number of nitrogens with one attached hydrogen (secondary N) is 2. The number of amides is 1. The molecule has 2 aliphatic rings. The molecule has 0 bridgehead atoms. The zero-order chi connectivity index (χ0) is 21.3. The van der Waals surface area contributed by atoms with E-state index in [1.54, 1.807) is 18.2 Å². The summed E-state index contributed by atoms with van der Waals surface area (Å²) in [5.74, 6) is -0.0807. The second-order valence-corrected chi connectivity index (χ2v) is 7.38. The average molecular weight is 418 g/mol. The molecule has 1 unspecified atom stereocenters. The number of alkyl halides is 3. The Bertz CT molecular complexity index is 1000. The lowest BCUT2D eigenvalue weighted by Crippen LogP contribution is -2.32. The third-order valence-electron chi connectivity index (χ3n) is 5.28. The van der Waals surface area contributed by atoms with Gasteiger partial charge in [-0.2, -0.15) is 13.2 Å². The van der Waals surface area contributed by atoms with E-state index in [2.05, 4.69) is 10.6 Å². The third-order valence-corrected chi connectivity index (χ3v) is 5.28. The molecule has 1 atom stereocenters. The first-order chi connectivity index (χ1) is 14.3. The second kappa shape index (κ2) is 7.93. The van der Waals surface area contributed by atoms with Gasteiger partial charge in [-0.15, -0.1) is 0 Å². The number of phenolic OH excluding ortho intramolecular Hbond substituents is 1. The van der Waals surface area contributed by atoms with Crippen LogP contribution in [0, 0.1) is 0 Å². The van der Waals surface area contributed by atoms with Crippen LogP contribution in [0.15, 0.2) is 42.5 Å². The Morgan fingerprint density at radius 2 is 2.07 bits per heavy atom. The summed E-state index contributed by atoms with van der Waals surface area (Å²) in [6, 6.07) is 8.04. The number of halogens is 3. The summed E-state index contributed by atoms with van der Waals surface area (Å²) < 4.78 is 44.6. The standard InChI is InChI=1S/C22H21F3N2O3/c23-22(24,25)14-3-5-16-13(2-1-9-30-20(16)11-14)10-21(29)27-19-7-8-26-18-6-4-15(28)12-17(18)19/h3-6,10-12,19,26,28H,1-2,7-9H2,(H,27,29)/b13-10+. The van der Waals surface area contributed by atoms with Gasteiger partial charge in [0.05, 0.1) is 18.2 Å². The van der Waals surface area contributed by atoms with Crippen molar-refractivity contribution in [1.82, 2.24) is 5.32 Å². The number of aromatic hydroxyl groups is 1. The summed E-state index contributed by atoms with van der Waals surface area (Å²) in [6.45, 7) is 0.963. The fraction of sp³-hybridized carbons (Fsp3) is 0.318. The number of phenols is 1. The highest BCUT2D eigenvalue weighted by Crippen LogP contribution is 2.38. The van der Waals surface area contributed by atoms with Gasteiger partial charge in [0, 0.05) is 29.4 Å². The lowest BCUT2D eigenvalue weighted by Gasteiger charge is -2.27. The molecule has 1 amide bonds. The first-order valence-corrected chi connectivity index (χ1v) is 9.73. The molecule has 2 aromatic rings. The number of hydrogen-bond acceptors (Lipinski definition) is 4. The van der Waals surface area contributed by atoms with Crippen LogP contribution in [0.2, 0.25) is 0 Å². The van der Waals surface area contributed by atoms with E-state index >= 15 is 0 Å². The first-order valence-electron chi connectivity index (χ1n) is 9.73. The normalized spacial score (nSPS) is 19.7. The molecule has 4 rings (SSSR count). The summed E-state index contributed by atoms with van der Waals surface area (Å²) in [7, 11) is 0. The Morgan fingerprint density at radius 3 is 2.87 bits per heavy atom. The number of anilines is 1. The molecule has 2 aliphatic heterocycles. The fourth-order valence-corrected chi connectivity index (χ4v) is 3.84. The number of carbonyl (C=O) groups is 1. The molecule has 0 radical (unpaired) electrons. The number of hydrogen-bond donors (Lipinski definition) is 3. The Kier molecular flexibility index (Phi) is 5.32. The third kappa shape index (κ3) is 4.22. The number of ether oxygens (including phenoxy) is 1. The smallest absolute Gasteiger partial charge is 0.416 e. The molecule has 5 nitrogen and oxygen atoms in total. The number of benzene rings is 2. The van der Waals surface area contributed by atoms with Gasteiger partial charge in [-0.1, -0.05) is 6.07 Å². The van der Waals surface area contributed by atoms with Crippen LogP contribution in [0.1, 0.15) is 42.0 Å². The summed E-state index contributed by atoms with van der Waals surface area (Å²) in [4.78, 5) is 12.7. The maximum Gasteiger partial charge on any atom is 0.416 e. The summed E-state index contributed by atoms with van der Waals surface area (Å²) in [5.41, 5.74) is 2.01. The molecule has 0 fully saturated rings. The van der Waals surface area contributed by atoms with Crippen LogP contribution in [0.4, 0.5) is 18.9 Å². The number of allylic oxidation sites excluding steroid dienone is 1. The van der Waals surface area contributed by atoms with Gasteiger partial charge in [0.15, 0.2) is 0 Å². The van der Waals surface area contributed by atoms with Gasteiger partial charge in [-0.3, -0.25) is 4.79 Å². The minimum absolute atomic E-state index is 0.116. The van der Waals surface area contributed by atoms with Gasteiger partial charge in [0.1, 0.15) is 11.5 Å². The predicted octanol–water partition coefficient (Wildman–Crippen LogP) is 4.64. The van der Waals surface area contributed by atoms with E-state index in [1.807, 2.05) is 0 Å². The number of fused-ring (bicyclic) bond motifs is 2. The molecule has 8 heteroatoms. The Balaban J connectivity index is 1.59. The molecule has 0 saturated carbocycles. The van der Waals surface area contributed by atoms with E-state index < -0.39 is 11.7 Å². The van der Waals surface area contributed by atoms with Crippen molar-refractivity contribution in [1.29, 1.82) is 0 Å². The molecule has 0 aliphatic carbocycles. The van der Waals surface area contributed by atoms with Crippen molar-refractivity contribution in [2.75, 3.05) is 18.5 Å². The highest BCUT2D eigenvalue weighted by atomic mass is 19.4. The van der Waals surface area contributed by atoms with E-state index in [0.717, 1.165) is 23.4 Å². The van der Waals surface area contributed by atoms with E-state index in [-0.39, 0.29) is 30.1 Å². The van der Waals surface area contributed by atoms with Crippen LogP contribution in [0.3, 0.4) is 0 Å². The topological polar surface area (TPSA) is 70.6 Å². The Labute approximate surface area is 171 Å². The molecule has 2 aromatic carbocycles. The van der Waals surface area contributed by atoms with Crippen LogP contribution in [0.5, 0.6) is 11.5 Å².